The van der Waals surface area contributed by atoms with E-state index in [2.05, 4.69) is 48.2 Å². The highest BCUT2D eigenvalue weighted by Gasteiger charge is 2.06. The summed E-state index contributed by atoms with van der Waals surface area (Å²) in [7, 11) is 2.04. The number of nitrogens with zero attached hydrogens (tertiary/aromatic N) is 1. The molecule has 0 unspecified atom stereocenters. The number of hydrogen-bond donors (Lipinski definition) is 0. The molecule has 0 aliphatic heterocycles. The Morgan fingerprint density at radius 3 is 2.67 bits per heavy atom. The fraction of sp³-hybridized carbons (Fsp3) is 0.154. The Labute approximate surface area is 127 Å². The van der Waals surface area contributed by atoms with E-state index in [9.17, 15) is 4.79 Å². The quantitative estimate of drug-likeness (QED) is 0.706. The summed E-state index contributed by atoms with van der Waals surface area (Å²) in [6, 6.07) is 7.87. The Morgan fingerprint density at radius 2 is 2.11 bits per heavy atom. The molecular weight excluding hydrogens is 378 g/mol. The molecule has 1 heterocycles. The lowest BCUT2D eigenvalue weighted by atomic mass is 10.2. The maximum absolute atomic E-state index is 10.8. The van der Waals surface area contributed by atoms with Gasteiger partial charge in [0.25, 0.3) is 0 Å². The van der Waals surface area contributed by atoms with E-state index < -0.39 is 0 Å². The summed E-state index contributed by atoms with van der Waals surface area (Å²) in [6.07, 6.45) is 0.851. The molecule has 0 saturated carbocycles. The van der Waals surface area contributed by atoms with Crippen LogP contribution >= 0.6 is 43.2 Å². The van der Waals surface area contributed by atoms with Crippen molar-refractivity contribution in [2.45, 2.75) is 6.54 Å². The van der Waals surface area contributed by atoms with Gasteiger partial charge in [0.2, 0.25) is 0 Å². The lowest BCUT2D eigenvalue weighted by Crippen LogP contribution is -2.15. The van der Waals surface area contributed by atoms with Crippen molar-refractivity contribution >= 4 is 55.2 Å². The minimum absolute atomic E-state index is 0.672. The zero-order valence-electron chi connectivity index (χ0n) is 9.69. The van der Waals surface area contributed by atoms with Gasteiger partial charge in [-0.25, -0.2) is 0 Å². The van der Waals surface area contributed by atoms with Crippen LogP contribution in [0.25, 0.3) is 0 Å². The van der Waals surface area contributed by atoms with Gasteiger partial charge in [-0.15, -0.1) is 11.3 Å². The molecular formula is C13H11Br2NOS. The van der Waals surface area contributed by atoms with Crippen LogP contribution in [0.15, 0.2) is 38.6 Å². The number of thiophene rings is 1. The van der Waals surface area contributed by atoms with Gasteiger partial charge < -0.3 is 4.90 Å². The fourth-order valence-electron chi connectivity index (χ4n) is 1.61. The molecule has 0 aliphatic carbocycles. The van der Waals surface area contributed by atoms with Crippen molar-refractivity contribution in [2.24, 2.45) is 0 Å². The van der Waals surface area contributed by atoms with E-state index in [1.807, 2.05) is 25.2 Å². The average Bonchev–Trinajstić information content (AvgIpc) is 2.74. The van der Waals surface area contributed by atoms with E-state index in [0.29, 0.717) is 5.56 Å². The minimum Gasteiger partial charge on any atom is -0.369 e. The monoisotopic (exact) mass is 387 g/mol. The van der Waals surface area contributed by atoms with Crippen molar-refractivity contribution in [1.82, 2.24) is 0 Å². The lowest BCUT2D eigenvalue weighted by Gasteiger charge is -2.19. The maximum atomic E-state index is 10.8. The molecule has 1 aromatic carbocycles. The first-order valence-electron chi connectivity index (χ1n) is 5.29. The average molecular weight is 389 g/mol. The van der Waals surface area contributed by atoms with Crippen LogP contribution in [0.3, 0.4) is 0 Å². The van der Waals surface area contributed by atoms with Crippen LogP contribution in [0.4, 0.5) is 5.69 Å². The first-order valence-corrected chi connectivity index (χ1v) is 7.75. The molecule has 2 aromatic rings. The van der Waals surface area contributed by atoms with Crippen molar-refractivity contribution in [3.8, 4) is 0 Å². The maximum Gasteiger partial charge on any atom is 0.151 e. The molecule has 2 nitrogen and oxygen atoms in total. The van der Waals surface area contributed by atoms with E-state index in [0.717, 1.165) is 27.5 Å². The molecule has 1 aromatic heterocycles. The second-order valence-electron chi connectivity index (χ2n) is 3.91. The van der Waals surface area contributed by atoms with E-state index in [1.165, 1.54) is 4.88 Å². The third-order valence-electron chi connectivity index (χ3n) is 2.57. The molecule has 0 spiro atoms. The Hall–Kier alpha value is -0.650. The van der Waals surface area contributed by atoms with Crippen LogP contribution in [0.2, 0.25) is 0 Å². The van der Waals surface area contributed by atoms with Crippen LogP contribution < -0.4 is 4.90 Å². The van der Waals surface area contributed by atoms with Gasteiger partial charge >= 0.3 is 0 Å². The predicted octanol–water partition coefficient (Wildman–Crippen LogP) is 4.72. The number of rotatable bonds is 4. The molecule has 0 radical (unpaired) electrons. The van der Waals surface area contributed by atoms with Gasteiger partial charge in [-0.05, 0) is 56.1 Å². The van der Waals surface area contributed by atoms with Crippen molar-refractivity contribution in [3.05, 3.63) is 49.0 Å². The molecule has 0 fully saturated rings. The van der Waals surface area contributed by atoms with Gasteiger partial charge in [-0.2, -0.15) is 0 Å². The molecule has 0 bridgehead atoms. The summed E-state index contributed by atoms with van der Waals surface area (Å²) < 4.78 is 1.95. The lowest BCUT2D eigenvalue weighted by molar-refractivity contribution is 0.112. The summed E-state index contributed by atoms with van der Waals surface area (Å²) in [5, 5.41) is 2.08. The Morgan fingerprint density at radius 1 is 1.33 bits per heavy atom. The fourth-order valence-corrected chi connectivity index (χ4v) is 3.57. The van der Waals surface area contributed by atoms with Crippen LogP contribution in [-0.4, -0.2) is 13.3 Å². The molecule has 0 aliphatic rings. The van der Waals surface area contributed by atoms with Crippen molar-refractivity contribution in [3.63, 3.8) is 0 Å². The minimum atomic E-state index is 0.672. The number of halogens is 2. The summed E-state index contributed by atoms with van der Waals surface area (Å²) in [4.78, 5) is 14.2. The highest BCUT2D eigenvalue weighted by Crippen LogP contribution is 2.26. The third-order valence-corrected chi connectivity index (χ3v) is 4.94. The summed E-state index contributed by atoms with van der Waals surface area (Å²) in [5.41, 5.74) is 1.75. The molecule has 0 amide bonds. The SMILES string of the molecule is CN(Cc1cc(Br)cs1)c1ccc(C=O)c(Br)c1. The summed E-state index contributed by atoms with van der Waals surface area (Å²) in [6.45, 7) is 0.850. The highest BCUT2D eigenvalue weighted by molar-refractivity contribution is 9.10. The van der Waals surface area contributed by atoms with E-state index in [4.69, 9.17) is 0 Å². The predicted molar refractivity (Wildman–Crippen MR) is 83.7 cm³/mol. The first kappa shape index (κ1) is 13.8. The second kappa shape index (κ2) is 5.99. The molecule has 2 rings (SSSR count). The van der Waals surface area contributed by atoms with E-state index in [-0.39, 0.29) is 0 Å². The molecule has 18 heavy (non-hydrogen) atoms. The van der Waals surface area contributed by atoms with Crippen LogP contribution in [0.5, 0.6) is 0 Å². The normalized spacial score (nSPS) is 10.4. The van der Waals surface area contributed by atoms with Crippen molar-refractivity contribution < 1.29 is 4.79 Å². The standard InChI is InChI=1S/C13H11Br2NOS/c1-16(6-12-4-10(14)8-18-12)11-3-2-9(7-17)13(15)5-11/h2-5,7-8H,6H2,1H3. The summed E-state index contributed by atoms with van der Waals surface area (Å²) in [5.74, 6) is 0. The topological polar surface area (TPSA) is 20.3 Å². The van der Waals surface area contributed by atoms with Gasteiger partial charge in [-0.1, -0.05) is 0 Å². The van der Waals surface area contributed by atoms with E-state index >= 15 is 0 Å². The number of anilines is 1. The molecule has 0 atom stereocenters. The third kappa shape index (κ3) is 3.22. The number of carbonyl (C=O) groups excluding carboxylic acids is 1. The van der Waals surface area contributed by atoms with Crippen LogP contribution in [-0.2, 0) is 6.54 Å². The Balaban J connectivity index is 2.16. The van der Waals surface area contributed by atoms with Crippen LogP contribution in [0, 0.1) is 0 Å². The van der Waals surface area contributed by atoms with Gasteiger partial charge in [-0.3, -0.25) is 4.79 Å². The number of hydrogen-bond acceptors (Lipinski definition) is 3. The first-order chi connectivity index (χ1) is 8.60. The Bertz CT molecular complexity index is 568. The van der Waals surface area contributed by atoms with Gasteiger partial charge in [0.15, 0.2) is 6.29 Å². The molecule has 0 saturated heterocycles. The number of benzene rings is 1. The van der Waals surface area contributed by atoms with Crippen LogP contribution in [0.1, 0.15) is 15.2 Å². The van der Waals surface area contributed by atoms with Gasteiger partial charge in [0, 0.05) is 37.5 Å². The highest BCUT2D eigenvalue weighted by atomic mass is 79.9. The smallest absolute Gasteiger partial charge is 0.151 e. The number of aldehydes is 1. The van der Waals surface area contributed by atoms with Crippen molar-refractivity contribution in [2.75, 3.05) is 11.9 Å². The Kier molecular flexibility index (Phi) is 4.59. The molecule has 0 N–H and O–H groups in total. The van der Waals surface area contributed by atoms with Gasteiger partial charge in [0.05, 0.1) is 6.54 Å². The zero-order chi connectivity index (χ0) is 13.1. The molecule has 94 valence electrons. The number of carbonyl (C=O) groups is 1. The summed E-state index contributed by atoms with van der Waals surface area (Å²) >= 11 is 8.58. The van der Waals surface area contributed by atoms with Crippen molar-refractivity contribution in [1.29, 1.82) is 0 Å². The second-order valence-corrected chi connectivity index (χ2v) is 6.68. The van der Waals surface area contributed by atoms with Gasteiger partial charge in [0.1, 0.15) is 0 Å². The largest absolute Gasteiger partial charge is 0.369 e. The zero-order valence-corrected chi connectivity index (χ0v) is 13.7. The van der Waals surface area contributed by atoms with E-state index in [1.54, 1.807) is 11.3 Å². The molecule has 5 heteroatoms.